The van der Waals surface area contributed by atoms with Gasteiger partial charge in [0.25, 0.3) is 0 Å². The summed E-state index contributed by atoms with van der Waals surface area (Å²) in [5.74, 6) is -2.40. The van der Waals surface area contributed by atoms with E-state index in [0.717, 1.165) is 19.8 Å². The zero-order valence-electron chi connectivity index (χ0n) is 18.6. The largest absolute Gasteiger partial charge is 0.473 e. The van der Waals surface area contributed by atoms with Gasteiger partial charge in [0.05, 0.1) is 12.9 Å². The van der Waals surface area contributed by atoms with Crippen LogP contribution < -0.4 is 0 Å². The van der Waals surface area contributed by atoms with Gasteiger partial charge in [-0.25, -0.2) is 14.6 Å². The summed E-state index contributed by atoms with van der Waals surface area (Å²) >= 11 is 2.07. The molecule has 0 bridgehead atoms. The van der Waals surface area contributed by atoms with E-state index in [9.17, 15) is 0 Å². The SMILES string of the molecule is CCCCCCCCOCC(Cn1ccnc1)SCCCCCC.O=C(O)C(=O)O. The van der Waals surface area contributed by atoms with Gasteiger partial charge in [-0.2, -0.15) is 11.8 Å². The first-order valence-corrected chi connectivity index (χ1v) is 12.2. The number of carbonyl (C=O) groups is 2. The number of aromatic nitrogens is 2. The minimum atomic E-state index is -1.82. The van der Waals surface area contributed by atoms with E-state index in [-0.39, 0.29) is 0 Å². The van der Waals surface area contributed by atoms with Crippen molar-refractivity contribution < 1.29 is 24.5 Å². The number of carboxylic acids is 2. The molecular weight excluding hydrogens is 404 g/mol. The van der Waals surface area contributed by atoms with Crippen molar-refractivity contribution in [2.45, 2.75) is 89.9 Å². The number of imidazole rings is 1. The van der Waals surface area contributed by atoms with E-state index in [1.165, 1.54) is 70.0 Å². The minimum absolute atomic E-state index is 0.543. The Hall–Kier alpha value is -1.54. The zero-order valence-corrected chi connectivity index (χ0v) is 19.4. The highest BCUT2D eigenvalue weighted by Gasteiger charge is 2.10. The predicted octanol–water partition coefficient (Wildman–Crippen LogP) is 5.10. The molecule has 174 valence electrons. The fourth-order valence-corrected chi connectivity index (χ4v) is 3.94. The molecule has 0 radical (unpaired) electrons. The molecule has 8 heteroatoms. The molecule has 0 aliphatic rings. The lowest BCUT2D eigenvalue weighted by atomic mass is 10.1. The zero-order chi connectivity index (χ0) is 22.5. The first kappa shape index (κ1) is 28.5. The molecule has 0 spiro atoms. The average Bonchev–Trinajstić information content (AvgIpc) is 3.23. The summed E-state index contributed by atoms with van der Waals surface area (Å²) in [6.07, 6.45) is 19.2. The van der Waals surface area contributed by atoms with Gasteiger partial charge < -0.3 is 19.5 Å². The molecule has 7 nitrogen and oxygen atoms in total. The summed E-state index contributed by atoms with van der Waals surface area (Å²) in [6, 6.07) is 0. The van der Waals surface area contributed by atoms with Crippen molar-refractivity contribution in [1.29, 1.82) is 0 Å². The molecule has 30 heavy (non-hydrogen) atoms. The van der Waals surface area contributed by atoms with Crippen LogP contribution >= 0.6 is 11.8 Å². The Kier molecular flexibility index (Phi) is 19.7. The van der Waals surface area contributed by atoms with Gasteiger partial charge in [0.15, 0.2) is 0 Å². The number of thioether (sulfide) groups is 1. The van der Waals surface area contributed by atoms with Crippen molar-refractivity contribution in [3.63, 3.8) is 0 Å². The molecular formula is C22H40N2O5S. The molecule has 0 fully saturated rings. The van der Waals surface area contributed by atoms with Crippen molar-refractivity contribution in [2.75, 3.05) is 19.0 Å². The van der Waals surface area contributed by atoms with Crippen molar-refractivity contribution >= 4 is 23.7 Å². The van der Waals surface area contributed by atoms with Gasteiger partial charge in [0, 0.05) is 30.8 Å². The third-order valence-electron chi connectivity index (χ3n) is 4.45. The Bertz CT molecular complexity index is 514. The highest BCUT2D eigenvalue weighted by molar-refractivity contribution is 7.99. The minimum Gasteiger partial charge on any atom is -0.473 e. The smallest absolute Gasteiger partial charge is 0.414 e. The van der Waals surface area contributed by atoms with E-state index in [1.807, 2.05) is 12.5 Å². The lowest BCUT2D eigenvalue weighted by Gasteiger charge is -2.17. The van der Waals surface area contributed by atoms with Crippen LogP contribution in [0.2, 0.25) is 0 Å². The van der Waals surface area contributed by atoms with Crippen LogP contribution in [0.4, 0.5) is 0 Å². The van der Waals surface area contributed by atoms with Gasteiger partial charge in [-0.15, -0.1) is 0 Å². The molecule has 2 N–H and O–H groups in total. The van der Waals surface area contributed by atoms with E-state index in [4.69, 9.17) is 24.5 Å². The number of nitrogens with zero attached hydrogens (tertiary/aromatic N) is 2. The second-order valence-electron chi connectivity index (χ2n) is 7.27. The Morgan fingerprint density at radius 2 is 1.57 bits per heavy atom. The lowest BCUT2D eigenvalue weighted by molar-refractivity contribution is -0.159. The van der Waals surface area contributed by atoms with Crippen LogP contribution in [-0.2, 0) is 20.9 Å². The summed E-state index contributed by atoms with van der Waals surface area (Å²) < 4.78 is 8.15. The van der Waals surface area contributed by atoms with E-state index in [1.54, 1.807) is 0 Å². The summed E-state index contributed by atoms with van der Waals surface area (Å²) in [6.45, 7) is 7.33. The quantitative estimate of drug-likeness (QED) is 0.255. The summed E-state index contributed by atoms with van der Waals surface area (Å²) in [4.78, 5) is 22.4. The monoisotopic (exact) mass is 444 g/mol. The fourth-order valence-electron chi connectivity index (χ4n) is 2.76. The molecule has 0 aliphatic heterocycles. The second-order valence-corrected chi connectivity index (χ2v) is 8.67. The Morgan fingerprint density at radius 3 is 2.13 bits per heavy atom. The first-order chi connectivity index (χ1) is 14.5. The van der Waals surface area contributed by atoms with E-state index < -0.39 is 11.9 Å². The van der Waals surface area contributed by atoms with Crippen LogP contribution in [0, 0.1) is 0 Å². The van der Waals surface area contributed by atoms with Gasteiger partial charge >= 0.3 is 11.9 Å². The van der Waals surface area contributed by atoms with Crippen LogP contribution in [0.1, 0.15) is 78.1 Å². The molecule has 0 amide bonds. The van der Waals surface area contributed by atoms with Crippen LogP contribution in [-0.4, -0.2) is 55.9 Å². The highest BCUT2D eigenvalue weighted by Crippen LogP contribution is 2.17. The number of aliphatic carboxylic acids is 2. The lowest BCUT2D eigenvalue weighted by Crippen LogP contribution is -2.19. The maximum absolute atomic E-state index is 9.10. The van der Waals surface area contributed by atoms with Crippen LogP contribution in [0.3, 0.4) is 0 Å². The molecule has 1 aromatic heterocycles. The number of ether oxygens (including phenoxy) is 1. The molecule has 1 rings (SSSR count). The molecule has 1 aromatic rings. The number of unbranched alkanes of at least 4 members (excludes halogenated alkanes) is 8. The van der Waals surface area contributed by atoms with E-state index in [2.05, 4.69) is 41.4 Å². The number of hydrogen-bond acceptors (Lipinski definition) is 5. The van der Waals surface area contributed by atoms with Crippen molar-refractivity contribution in [3.8, 4) is 0 Å². The fraction of sp³-hybridized carbons (Fsp3) is 0.773. The molecule has 1 unspecified atom stereocenters. The summed E-state index contributed by atoms with van der Waals surface area (Å²) in [7, 11) is 0. The van der Waals surface area contributed by atoms with Gasteiger partial charge in [0.1, 0.15) is 0 Å². The first-order valence-electron chi connectivity index (χ1n) is 11.1. The van der Waals surface area contributed by atoms with Crippen LogP contribution in [0.5, 0.6) is 0 Å². The number of rotatable bonds is 17. The van der Waals surface area contributed by atoms with Crippen molar-refractivity contribution in [2.24, 2.45) is 0 Å². The third kappa shape index (κ3) is 18.5. The topological polar surface area (TPSA) is 102 Å². The maximum atomic E-state index is 9.10. The van der Waals surface area contributed by atoms with Gasteiger partial charge in [-0.05, 0) is 18.6 Å². The molecule has 0 aromatic carbocycles. The number of carboxylic acid groups (broad SMARTS) is 2. The molecule has 1 heterocycles. The Labute approximate surface area is 185 Å². The van der Waals surface area contributed by atoms with Gasteiger partial charge in [-0.1, -0.05) is 65.2 Å². The number of hydrogen-bond donors (Lipinski definition) is 2. The summed E-state index contributed by atoms with van der Waals surface area (Å²) in [5.41, 5.74) is 0. The predicted molar refractivity (Wildman–Crippen MR) is 122 cm³/mol. The van der Waals surface area contributed by atoms with Crippen LogP contribution in [0.25, 0.3) is 0 Å². The summed E-state index contributed by atoms with van der Waals surface area (Å²) in [5, 5.41) is 15.3. The van der Waals surface area contributed by atoms with Gasteiger partial charge in [-0.3, -0.25) is 0 Å². The molecule has 1 atom stereocenters. The van der Waals surface area contributed by atoms with Crippen molar-refractivity contribution in [1.82, 2.24) is 9.55 Å². The Balaban J connectivity index is 0.00000122. The molecule has 0 aliphatic carbocycles. The molecule has 0 saturated heterocycles. The van der Waals surface area contributed by atoms with E-state index in [0.29, 0.717) is 5.25 Å². The van der Waals surface area contributed by atoms with E-state index >= 15 is 0 Å². The molecule has 0 saturated carbocycles. The van der Waals surface area contributed by atoms with Crippen LogP contribution in [0.15, 0.2) is 18.7 Å². The normalized spacial score (nSPS) is 11.5. The maximum Gasteiger partial charge on any atom is 0.414 e. The van der Waals surface area contributed by atoms with Crippen molar-refractivity contribution in [3.05, 3.63) is 18.7 Å². The third-order valence-corrected chi connectivity index (χ3v) is 5.73. The highest BCUT2D eigenvalue weighted by atomic mass is 32.2. The average molecular weight is 445 g/mol. The van der Waals surface area contributed by atoms with Gasteiger partial charge in [0.2, 0.25) is 0 Å². The Morgan fingerprint density at radius 1 is 0.967 bits per heavy atom. The standard InChI is InChI=1S/C20H38N2OS.C2H2O4/c1-3-5-7-9-10-11-15-23-18-20(17-22-14-13-21-19-22)24-16-12-8-6-4-2;3-1(4)2(5)6/h13-14,19-20H,3-12,15-18H2,1-2H3;(H,3,4)(H,5,6). The second kappa shape index (κ2) is 20.7.